The number of benzene rings is 1. The van der Waals surface area contributed by atoms with E-state index in [9.17, 15) is 9.59 Å². The van der Waals surface area contributed by atoms with E-state index in [1.165, 1.54) is 11.1 Å². The minimum atomic E-state index is -0.348. The lowest BCUT2D eigenvalue weighted by Gasteiger charge is -2.48. The van der Waals surface area contributed by atoms with Crippen LogP contribution in [0.1, 0.15) is 66.4 Å². The SMILES string of the molecule is CSc1cc2c(cc1OC(=O)c1ccncc1)CC[C@@H]1[C@@H]2CC[C@]2(C)C(=O)CC[C@@H]12. The maximum Gasteiger partial charge on any atom is 0.343 e. The Bertz CT molecular complexity index is 1000. The Labute approximate surface area is 181 Å². The van der Waals surface area contributed by atoms with Gasteiger partial charge in [0, 0.05) is 24.2 Å². The summed E-state index contributed by atoms with van der Waals surface area (Å²) in [6, 6.07) is 7.69. The molecule has 3 aliphatic rings. The third kappa shape index (κ3) is 3.09. The zero-order valence-electron chi connectivity index (χ0n) is 17.5. The van der Waals surface area contributed by atoms with Crippen molar-refractivity contribution in [2.45, 2.75) is 56.3 Å². The number of ether oxygens (including phenoxy) is 1. The van der Waals surface area contributed by atoms with Crippen LogP contribution < -0.4 is 4.74 Å². The van der Waals surface area contributed by atoms with E-state index < -0.39 is 0 Å². The van der Waals surface area contributed by atoms with Crippen molar-refractivity contribution in [2.24, 2.45) is 17.3 Å². The third-order valence-electron chi connectivity index (χ3n) is 7.84. The first-order chi connectivity index (χ1) is 14.5. The van der Waals surface area contributed by atoms with Gasteiger partial charge in [-0.25, -0.2) is 4.79 Å². The molecular formula is C25H27NO3S. The topological polar surface area (TPSA) is 56.3 Å². The molecule has 1 aromatic heterocycles. The minimum absolute atomic E-state index is 0.0962. The molecular weight excluding hydrogens is 394 g/mol. The number of Topliss-reactive ketones (excluding diaryl/α,β-unsaturated/α-hetero) is 1. The number of hydrogen-bond acceptors (Lipinski definition) is 5. The highest BCUT2D eigenvalue weighted by atomic mass is 32.2. The number of pyridine rings is 1. The van der Waals surface area contributed by atoms with E-state index in [1.807, 2.05) is 6.26 Å². The monoisotopic (exact) mass is 421 g/mol. The average Bonchev–Trinajstić information content (AvgIpc) is 3.08. The molecule has 1 aromatic carbocycles. The Kier molecular flexibility index (Phi) is 4.97. The maximum absolute atomic E-state index is 12.6. The molecule has 3 aliphatic carbocycles. The molecule has 0 radical (unpaired) electrons. The van der Waals surface area contributed by atoms with E-state index in [1.54, 1.807) is 36.3 Å². The number of aromatic nitrogens is 1. The molecule has 156 valence electrons. The summed E-state index contributed by atoms with van der Waals surface area (Å²) in [6.07, 6.45) is 11.3. The Balaban J connectivity index is 1.45. The van der Waals surface area contributed by atoms with Gasteiger partial charge in [-0.1, -0.05) is 6.92 Å². The summed E-state index contributed by atoms with van der Waals surface area (Å²) in [5, 5.41) is 0. The van der Waals surface area contributed by atoms with Gasteiger partial charge >= 0.3 is 5.97 Å². The first kappa shape index (κ1) is 19.8. The molecule has 30 heavy (non-hydrogen) atoms. The summed E-state index contributed by atoms with van der Waals surface area (Å²) in [4.78, 5) is 30.1. The molecule has 2 aromatic rings. The van der Waals surface area contributed by atoms with Gasteiger partial charge in [-0.05, 0) is 91.5 Å². The molecule has 2 fully saturated rings. The largest absolute Gasteiger partial charge is 0.422 e. The molecule has 0 spiro atoms. The van der Waals surface area contributed by atoms with Crippen LogP contribution in [0.15, 0.2) is 41.6 Å². The second-order valence-electron chi connectivity index (χ2n) is 9.16. The van der Waals surface area contributed by atoms with Gasteiger partial charge in [-0.3, -0.25) is 9.78 Å². The van der Waals surface area contributed by atoms with Crippen molar-refractivity contribution in [3.63, 3.8) is 0 Å². The average molecular weight is 422 g/mol. The van der Waals surface area contributed by atoms with Crippen LogP contribution in [-0.2, 0) is 11.2 Å². The summed E-state index contributed by atoms with van der Waals surface area (Å²) >= 11 is 1.62. The zero-order chi connectivity index (χ0) is 20.9. The molecule has 4 atom stereocenters. The molecule has 0 aliphatic heterocycles. The predicted octanol–water partition coefficient (Wildman–Crippen LogP) is 5.45. The van der Waals surface area contributed by atoms with Crippen molar-refractivity contribution >= 4 is 23.5 Å². The predicted molar refractivity (Wildman–Crippen MR) is 117 cm³/mol. The Morgan fingerprint density at radius 3 is 2.73 bits per heavy atom. The number of nitrogens with zero attached hydrogens (tertiary/aromatic N) is 1. The lowest BCUT2D eigenvalue weighted by molar-refractivity contribution is -0.129. The molecule has 5 rings (SSSR count). The summed E-state index contributed by atoms with van der Waals surface area (Å²) in [5.74, 6) is 2.44. The van der Waals surface area contributed by atoms with Crippen molar-refractivity contribution < 1.29 is 14.3 Å². The van der Waals surface area contributed by atoms with Gasteiger partial charge in [0.15, 0.2) is 0 Å². The number of aryl methyl sites for hydroxylation is 1. The molecule has 0 N–H and O–H groups in total. The van der Waals surface area contributed by atoms with Crippen LogP contribution in [-0.4, -0.2) is 23.0 Å². The fraction of sp³-hybridized carbons (Fsp3) is 0.480. The van der Waals surface area contributed by atoms with Crippen LogP contribution >= 0.6 is 11.8 Å². The van der Waals surface area contributed by atoms with Gasteiger partial charge in [0.1, 0.15) is 11.5 Å². The molecule has 4 nitrogen and oxygen atoms in total. The number of esters is 1. The Morgan fingerprint density at radius 1 is 1.17 bits per heavy atom. The van der Waals surface area contributed by atoms with Crippen molar-refractivity contribution in [2.75, 3.05) is 6.26 Å². The number of hydrogen-bond donors (Lipinski definition) is 0. The number of carbonyl (C=O) groups is 2. The number of carbonyl (C=O) groups excluding carboxylic acids is 2. The normalized spacial score (nSPS) is 29.7. The highest BCUT2D eigenvalue weighted by molar-refractivity contribution is 7.98. The van der Waals surface area contributed by atoms with E-state index in [0.717, 1.165) is 43.4 Å². The first-order valence-corrected chi connectivity index (χ1v) is 12.1. The smallest absolute Gasteiger partial charge is 0.343 e. The van der Waals surface area contributed by atoms with Crippen molar-refractivity contribution in [1.29, 1.82) is 0 Å². The van der Waals surface area contributed by atoms with Crippen LogP contribution in [0.3, 0.4) is 0 Å². The highest BCUT2D eigenvalue weighted by Gasteiger charge is 2.54. The summed E-state index contributed by atoms with van der Waals surface area (Å²) in [6.45, 7) is 2.22. The quantitative estimate of drug-likeness (QED) is 0.375. The number of fused-ring (bicyclic) bond motifs is 5. The van der Waals surface area contributed by atoms with Crippen LogP contribution in [0.4, 0.5) is 0 Å². The summed E-state index contributed by atoms with van der Waals surface area (Å²) in [7, 11) is 0. The second kappa shape index (κ2) is 7.52. The fourth-order valence-electron chi connectivity index (χ4n) is 6.23. The lowest BCUT2D eigenvalue weighted by atomic mass is 9.55. The van der Waals surface area contributed by atoms with E-state index in [-0.39, 0.29) is 11.4 Å². The zero-order valence-corrected chi connectivity index (χ0v) is 18.3. The van der Waals surface area contributed by atoms with Crippen molar-refractivity contribution in [3.8, 4) is 5.75 Å². The third-order valence-corrected chi connectivity index (χ3v) is 8.60. The van der Waals surface area contributed by atoms with E-state index in [0.29, 0.717) is 34.8 Å². The second-order valence-corrected chi connectivity index (χ2v) is 10.0. The number of thioether (sulfide) groups is 1. The molecule has 2 saturated carbocycles. The van der Waals surface area contributed by atoms with Gasteiger partial charge in [0.2, 0.25) is 0 Å². The molecule has 0 bridgehead atoms. The molecule has 0 saturated heterocycles. The van der Waals surface area contributed by atoms with E-state index >= 15 is 0 Å². The van der Waals surface area contributed by atoms with Crippen LogP contribution in [0, 0.1) is 17.3 Å². The van der Waals surface area contributed by atoms with Crippen molar-refractivity contribution in [3.05, 3.63) is 53.3 Å². The van der Waals surface area contributed by atoms with Gasteiger partial charge in [0.05, 0.1) is 10.5 Å². The molecule has 5 heteroatoms. The Hall–Kier alpha value is -2.14. The van der Waals surface area contributed by atoms with Crippen LogP contribution in [0.2, 0.25) is 0 Å². The highest BCUT2D eigenvalue weighted by Crippen LogP contribution is 2.60. The number of rotatable bonds is 3. The minimum Gasteiger partial charge on any atom is -0.422 e. The standard InChI is InChI=1S/C25H27NO3S/c1-25-10-7-17-18(20(25)5-6-23(25)27)4-3-16-13-21(22(30-2)14-19(16)17)29-24(28)15-8-11-26-12-9-15/h8-9,11-14,17-18,20H,3-7,10H2,1-2H3/t17-,18+,20-,25-/m0/s1. The fourth-order valence-corrected chi connectivity index (χ4v) is 6.78. The number of ketones is 1. The summed E-state index contributed by atoms with van der Waals surface area (Å²) < 4.78 is 5.79. The van der Waals surface area contributed by atoms with Gasteiger partial charge in [-0.15, -0.1) is 11.8 Å². The lowest BCUT2D eigenvalue weighted by Crippen LogP contribution is -2.42. The van der Waals surface area contributed by atoms with Crippen LogP contribution in [0.5, 0.6) is 5.75 Å². The molecule has 1 heterocycles. The van der Waals surface area contributed by atoms with Gasteiger partial charge in [0.25, 0.3) is 0 Å². The molecule has 0 amide bonds. The summed E-state index contributed by atoms with van der Waals surface area (Å²) in [5.41, 5.74) is 3.13. The maximum atomic E-state index is 12.6. The van der Waals surface area contributed by atoms with Gasteiger partial charge in [-0.2, -0.15) is 0 Å². The first-order valence-electron chi connectivity index (χ1n) is 10.9. The van der Waals surface area contributed by atoms with E-state index in [2.05, 4.69) is 24.0 Å². The van der Waals surface area contributed by atoms with Gasteiger partial charge < -0.3 is 4.74 Å². The Morgan fingerprint density at radius 2 is 1.97 bits per heavy atom. The molecule has 0 unspecified atom stereocenters. The van der Waals surface area contributed by atoms with Crippen molar-refractivity contribution in [1.82, 2.24) is 4.98 Å². The van der Waals surface area contributed by atoms with Crippen LogP contribution in [0.25, 0.3) is 0 Å². The van der Waals surface area contributed by atoms with E-state index in [4.69, 9.17) is 4.74 Å².